The number of benzene rings is 2. The van der Waals surface area contributed by atoms with Gasteiger partial charge in [-0.1, -0.05) is 29.8 Å². The summed E-state index contributed by atoms with van der Waals surface area (Å²) in [4.78, 5) is 14.7. The predicted octanol–water partition coefficient (Wildman–Crippen LogP) is 4.03. The molecule has 0 bridgehead atoms. The van der Waals surface area contributed by atoms with E-state index in [0.717, 1.165) is 0 Å². The zero-order chi connectivity index (χ0) is 17.4. The molecule has 124 valence electrons. The maximum atomic E-state index is 12.8. The number of nitrogens with zero attached hydrogens (tertiary/aromatic N) is 1. The lowest BCUT2D eigenvalue weighted by molar-refractivity contribution is 0.101. The number of rotatable bonds is 3. The van der Waals surface area contributed by atoms with Gasteiger partial charge in [0.2, 0.25) is 5.78 Å². The third kappa shape index (κ3) is 2.90. The van der Waals surface area contributed by atoms with E-state index in [9.17, 15) is 9.90 Å². The van der Waals surface area contributed by atoms with Gasteiger partial charge in [-0.2, -0.15) is 0 Å². The molecule has 4 nitrogen and oxygen atoms in total. The number of carbonyl (C=O) groups excluding carboxylic acids is 1. The molecule has 2 aromatic carbocycles. The lowest BCUT2D eigenvalue weighted by Crippen LogP contribution is -2.12. The fraction of sp³-hybridized carbons (Fsp3) is 0.211. The summed E-state index contributed by atoms with van der Waals surface area (Å²) in [5, 5.41) is 10.8. The molecule has 0 saturated carbocycles. The molecule has 0 fully saturated rings. The van der Waals surface area contributed by atoms with Gasteiger partial charge in [-0.25, -0.2) is 0 Å². The average Bonchev–Trinajstić information content (AvgIpc) is 2.83. The molecular formula is C19H18ClNO3. The summed E-state index contributed by atoms with van der Waals surface area (Å²) in [5.74, 6) is 0.588. The number of halogens is 1. The van der Waals surface area contributed by atoms with Gasteiger partial charge in [0.15, 0.2) is 5.76 Å². The summed E-state index contributed by atoms with van der Waals surface area (Å²) in [6.07, 6.45) is 1.64. The molecule has 1 aliphatic rings. The molecule has 24 heavy (non-hydrogen) atoms. The second kappa shape index (κ2) is 6.30. The first-order valence-electron chi connectivity index (χ1n) is 7.57. The van der Waals surface area contributed by atoms with E-state index in [0.29, 0.717) is 39.6 Å². The Balaban J connectivity index is 2.10. The lowest BCUT2D eigenvalue weighted by Gasteiger charge is -2.15. The van der Waals surface area contributed by atoms with Crippen LogP contribution in [-0.4, -0.2) is 29.9 Å². The maximum Gasteiger partial charge on any atom is 0.232 e. The first-order valence-corrected chi connectivity index (χ1v) is 7.95. The third-order valence-electron chi connectivity index (χ3n) is 3.89. The topological polar surface area (TPSA) is 49.8 Å². The highest BCUT2D eigenvalue weighted by atomic mass is 35.5. The van der Waals surface area contributed by atoms with Crippen molar-refractivity contribution in [2.75, 3.05) is 14.1 Å². The Morgan fingerprint density at radius 3 is 2.67 bits per heavy atom. The Morgan fingerprint density at radius 2 is 2.00 bits per heavy atom. The fourth-order valence-corrected chi connectivity index (χ4v) is 2.97. The van der Waals surface area contributed by atoms with Crippen molar-refractivity contribution in [1.82, 2.24) is 4.90 Å². The zero-order valence-electron chi connectivity index (χ0n) is 13.8. The number of aromatic hydroxyl groups is 1. The summed E-state index contributed by atoms with van der Waals surface area (Å²) in [6.45, 7) is 2.26. The number of hydrogen-bond acceptors (Lipinski definition) is 4. The highest BCUT2D eigenvalue weighted by Gasteiger charge is 2.33. The van der Waals surface area contributed by atoms with Crippen molar-refractivity contribution in [2.24, 2.45) is 0 Å². The predicted molar refractivity (Wildman–Crippen MR) is 94.6 cm³/mol. The zero-order valence-corrected chi connectivity index (χ0v) is 14.5. The van der Waals surface area contributed by atoms with Crippen LogP contribution in [0.5, 0.6) is 11.5 Å². The van der Waals surface area contributed by atoms with Crippen LogP contribution in [0.4, 0.5) is 0 Å². The van der Waals surface area contributed by atoms with E-state index in [1.165, 1.54) is 0 Å². The van der Waals surface area contributed by atoms with Crippen molar-refractivity contribution < 1.29 is 14.6 Å². The van der Waals surface area contributed by atoms with Crippen LogP contribution in [0.3, 0.4) is 0 Å². The van der Waals surface area contributed by atoms with Crippen LogP contribution in [0.25, 0.3) is 6.08 Å². The molecule has 0 unspecified atom stereocenters. The van der Waals surface area contributed by atoms with Crippen molar-refractivity contribution in [1.29, 1.82) is 0 Å². The second-order valence-corrected chi connectivity index (χ2v) is 6.50. The van der Waals surface area contributed by atoms with Crippen molar-refractivity contribution in [2.45, 2.75) is 13.5 Å². The largest absolute Gasteiger partial charge is 0.507 e. The third-order valence-corrected chi connectivity index (χ3v) is 4.23. The Morgan fingerprint density at radius 1 is 1.29 bits per heavy atom. The van der Waals surface area contributed by atoms with Crippen molar-refractivity contribution in [3.63, 3.8) is 0 Å². The fourth-order valence-electron chi connectivity index (χ4n) is 2.78. The number of fused-ring (bicyclic) bond motifs is 1. The number of hydrogen-bond donors (Lipinski definition) is 1. The van der Waals surface area contributed by atoms with E-state index in [4.69, 9.17) is 16.3 Å². The van der Waals surface area contributed by atoms with Gasteiger partial charge in [-0.3, -0.25) is 4.79 Å². The SMILES string of the molecule is Cc1cc(O)c(CN(C)C)c2c1C(=O)/C(=C/c1ccccc1Cl)O2. The van der Waals surface area contributed by atoms with Gasteiger partial charge in [-0.15, -0.1) is 0 Å². The summed E-state index contributed by atoms with van der Waals surface area (Å²) >= 11 is 6.16. The maximum absolute atomic E-state index is 12.8. The molecule has 5 heteroatoms. The molecule has 0 radical (unpaired) electrons. The van der Waals surface area contributed by atoms with Crippen molar-refractivity contribution in [3.05, 3.63) is 63.4 Å². The molecule has 0 spiro atoms. The molecule has 0 amide bonds. The van der Waals surface area contributed by atoms with E-state index in [2.05, 4.69) is 0 Å². The smallest absolute Gasteiger partial charge is 0.232 e. The quantitative estimate of drug-likeness (QED) is 0.855. The lowest BCUT2D eigenvalue weighted by atomic mass is 9.99. The van der Waals surface area contributed by atoms with Gasteiger partial charge in [0.1, 0.15) is 11.5 Å². The van der Waals surface area contributed by atoms with Crippen molar-refractivity contribution in [3.8, 4) is 11.5 Å². The van der Waals surface area contributed by atoms with Gasteiger partial charge >= 0.3 is 0 Å². The molecule has 0 aromatic heterocycles. The minimum atomic E-state index is -0.192. The number of Topliss-reactive ketones (excluding diaryl/α,β-unsaturated/α-hetero) is 1. The Labute approximate surface area is 145 Å². The molecule has 1 heterocycles. The number of allylic oxidation sites excluding steroid dienone is 1. The second-order valence-electron chi connectivity index (χ2n) is 6.09. The number of carbonyl (C=O) groups is 1. The molecule has 2 aromatic rings. The highest BCUT2D eigenvalue weighted by Crippen LogP contribution is 2.42. The summed E-state index contributed by atoms with van der Waals surface area (Å²) < 4.78 is 5.84. The van der Waals surface area contributed by atoms with E-state index in [1.807, 2.05) is 37.2 Å². The molecule has 0 atom stereocenters. The van der Waals surface area contributed by atoms with Crippen LogP contribution >= 0.6 is 11.6 Å². The van der Waals surface area contributed by atoms with E-state index in [-0.39, 0.29) is 17.3 Å². The van der Waals surface area contributed by atoms with Gasteiger partial charge < -0.3 is 14.7 Å². The van der Waals surface area contributed by atoms with Gasteiger partial charge in [-0.05, 0) is 50.4 Å². The number of phenols is 1. The van der Waals surface area contributed by atoms with Gasteiger partial charge in [0.25, 0.3) is 0 Å². The van der Waals surface area contributed by atoms with E-state index in [1.54, 1.807) is 25.1 Å². The van der Waals surface area contributed by atoms with Gasteiger partial charge in [0.05, 0.1) is 11.1 Å². The van der Waals surface area contributed by atoms with Gasteiger partial charge in [0, 0.05) is 11.6 Å². The minimum absolute atomic E-state index is 0.131. The average molecular weight is 344 g/mol. The highest BCUT2D eigenvalue weighted by molar-refractivity contribution is 6.32. The van der Waals surface area contributed by atoms with Crippen LogP contribution in [0.2, 0.25) is 5.02 Å². The van der Waals surface area contributed by atoms with Crippen LogP contribution in [-0.2, 0) is 6.54 Å². The molecule has 0 saturated heterocycles. The van der Waals surface area contributed by atoms with Crippen molar-refractivity contribution >= 4 is 23.5 Å². The standard InChI is InChI=1S/C19H18ClNO3/c1-11-8-15(22)13(10-21(2)3)19-17(11)18(23)16(24-19)9-12-6-4-5-7-14(12)20/h4-9,22H,10H2,1-3H3/b16-9-. The molecular weight excluding hydrogens is 326 g/mol. The minimum Gasteiger partial charge on any atom is -0.507 e. The Hall–Kier alpha value is -2.30. The first-order chi connectivity index (χ1) is 11.4. The van der Waals surface area contributed by atoms with Crippen LogP contribution in [0, 0.1) is 6.92 Å². The Kier molecular flexibility index (Phi) is 4.35. The number of aryl methyl sites for hydroxylation is 1. The first kappa shape index (κ1) is 16.6. The summed E-state index contributed by atoms with van der Waals surface area (Å²) in [7, 11) is 3.78. The number of phenolic OH excluding ortho intramolecular Hbond substituents is 1. The molecule has 1 aliphatic heterocycles. The molecule has 3 rings (SSSR count). The number of ketones is 1. The molecule has 1 N–H and O–H groups in total. The van der Waals surface area contributed by atoms with Crippen LogP contribution in [0.1, 0.15) is 27.0 Å². The van der Waals surface area contributed by atoms with E-state index >= 15 is 0 Å². The molecule has 0 aliphatic carbocycles. The summed E-state index contributed by atoms with van der Waals surface area (Å²) in [6, 6.07) is 8.86. The number of ether oxygens (including phenoxy) is 1. The monoisotopic (exact) mass is 343 g/mol. The van der Waals surface area contributed by atoms with Crippen LogP contribution in [0.15, 0.2) is 36.1 Å². The van der Waals surface area contributed by atoms with E-state index < -0.39 is 0 Å². The normalized spacial score (nSPS) is 15.0. The Bertz CT molecular complexity index is 856. The van der Waals surface area contributed by atoms with Crippen LogP contribution < -0.4 is 4.74 Å². The summed E-state index contributed by atoms with van der Waals surface area (Å²) in [5.41, 5.74) is 2.52.